The summed E-state index contributed by atoms with van der Waals surface area (Å²) in [5, 5.41) is 14.0. The van der Waals surface area contributed by atoms with Gasteiger partial charge in [-0.05, 0) is 34.1 Å². The van der Waals surface area contributed by atoms with Gasteiger partial charge in [-0.3, -0.25) is 10.1 Å². The number of H-pyrrole nitrogens is 2. The summed E-state index contributed by atoms with van der Waals surface area (Å²) in [6.07, 6.45) is 0. The van der Waals surface area contributed by atoms with Crippen LogP contribution >= 0.6 is 27.3 Å². The number of nitrogens with one attached hydrogen (secondary N) is 3. The Morgan fingerprint density at radius 3 is 2.67 bits per heavy atom. The lowest BCUT2D eigenvalue weighted by Gasteiger charge is -2.07. The van der Waals surface area contributed by atoms with Crippen LogP contribution in [0, 0.1) is 10.1 Å². The molecule has 3 rings (SSSR count). The second kappa shape index (κ2) is 5.34. The second-order valence-electron chi connectivity index (χ2n) is 4.31. The van der Waals surface area contributed by atoms with Crippen LogP contribution in [0.2, 0.25) is 0 Å². The Bertz CT molecular complexity index is 882. The maximum atomic E-state index is 11.2. The van der Waals surface area contributed by atoms with Gasteiger partial charge in [0.15, 0.2) is 0 Å². The molecule has 0 aliphatic carbocycles. The molecule has 0 radical (unpaired) electrons. The van der Waals surface area contributed by atoms with E-state index in [2.05, 4.69) is 31.2 Å². The van der Waals surface area contributed by atoms with Crippen molar-refractivity contribution >= 4 is 49.0 Å². The third-order valence-corrected chi connectivity index (χ3v) is 4.58. The van der Waals surface area contributed by atoms with Gasteiger partial charge in [0.2, 0.25) is 0 Å². The van der Waals surface area contributed by atoms with Crippen molar-refractivity contribution < 1.29 is 4.92 Å². The van der Waals surface area contributed by atoms with Crippen LogP contribution in [0.15, 0.2) is 33.5 Å². The number of anilines is 1. The van der Waals surface area contributed by atoms with Crippen LogP contribution in [0.1, 0.15) is 4.88 Å². The van der Waals surface area contributed by atoms with E-state index in [0.29, 0.717) is 17.6 Å². The highest BCUT2D eigenvalue weighted by Crippen LogP contribution is 2.29. The van der Waals surface area contributed by atoms with E-state index in [1.807, 2.05) is 0 Å². The molecular weight excluding hydrogens is 360 g/mol. The van der Waals surface area contributed by atoms with E-state index >= 15 is 0 Å². The molecule has 2 heterocycles. The van der Waals surface area contributed by atoms with Crippen molar-refractivity contribution in [1.29, 1.82) is 0 Å². The maximum Gasteiger partial charge on any atom is 0.324 e. The fraction of sp³-hybridized carbons (Fsp3) is 0.0833. The zero-order valence-corrected chi connectivity index (χ0v) is 12.9. The number of fused-ring (bicyclic) bond motifs is 1. The van der Waals surface area contributed by atoms with Crippen LogP contribution in [0.3, 0.4) is 0 Å². The van der Waals surface area contributed by atoms with Gasteiger partial charge in [0, 0.05) is 22.0 Å². The minimum Gasteiger partial charge on any atom is -0.379 e. The third-order valence-electron chi connectivity index (χ3n) is 2.88. The number of halogens is 1. The van der Waals surface area contributed by atoms with Crippen LogP contribution in [-0.2, 0) is 6.54 Å². The molecule has 3 aromatic rings. The molecule has 9 heteroatoms. The number of nitrogens with zero attached hydrogens (tertiary/aromatic N) is 1. The number of benzene rings is 1. The van der Waals surface area contributed by atoms with Crippen molar-refractivity contribution in [2.45, 2.75) is 6.54 Å². The molecule has 108 valence electrons. The van der Waals surface area contributed by atoms with Crippen LogP contribution in [-0.4, -0.2) is 14.9 Å². The average Bonchev–Trinajstić information content (AvgIpc) is 3.01. The lowest BCUT2D eigenvalue weighted by molar-refractivity contribution is -0.380. The first-order chi connectivity index (χ1) is 10.0. The van der Waals surface area contributed by atoms with Crippen LogP contribution < -0.4 is 11.0 Å². The number of hydrogen-bond acceptors (Lipinski definition) is 5. The number of rotatable bonds is 4. The van der Waals surface area contributed by atoms with E-state index in [1.165, 1.54) is 6.07 Å². The van der Waals surface area contributed by atoms with E-state index in [0.717, 1.165) is 26.4 Å². The molecule has 0 bridgehead atoms. The summed E-state index contributed by atoms with van der Waals surface area (Å²) in [7, 11) is 0. The van der Waals surface area contributed by atoms with Crippen molar-refractivity contribution in [3.63, 3.8) is 0 Å². The fourth-order valence-corrected chi connectivity index (χ4v) is 3.18. The van der Waals surface area contributed by atoms with Crippen molar-refractivity contribution in [2.75, 3.05) is 5.32 Å². The van der Waals surface area contributed by atoms with E-state index < -0.39 is 4.92 Å². The molecule has 0 saturated carbocycles. The molecular formula is C12H9BrN4O3S. The van der Waals surface area contributed by atoms with Crippen LogP contribution in [0.4, 0.5) is 10.7 Å². The van der Waals surface area contributed by atoms with Gasteiger partial charge < -0.3 is 15.3 Å². The number of hydrogen-bond donors (Lipinski definition) is 3. The Kier molecular flexibility index (Phi) is 3.52. The zero-order valence-electron chi connectivity index (χ0n) is 10.5. The normalized spacial score (nSPS) is 10.9. The highest BCUT2D eigenvalue weighted by Gasteiger charge is 2.10. The van der Waals surface area contributed by atoms with Crippen molar-refractivity contribution in [2.24, 2.45) is 0 Å². The molecule has 0 aliphatic heterocycles. The first-order valence-electron chi connectivity index (χ1n) is 5.91. The van der Waals surface area contributed by atoms with Gasteiger partial charge in [-0.25, -0.2) is 4.79 Å². The van der Waals surface area contributed by atoms with Gasteiger partial charge in [-0.15, -0.1) is 0 Å². The monoisotopic (exact) mass is 368 g/mol. The van der Waals surface area contributed by atoms with Gasteiger partial charge >= 0.3 is 10.7 Å². The first kappa shape index (κ1) is 13.8. The lowest BCUT2D eigenvalue weighted by Crippen LogP contribution is -1.99. The lowest BCUT2D eigenvalue weighted by atomic mass is 10.2. The summed E-state index contributed by atoms with van der Waals surface area (Å²) in [4.78, 5) is 27.7. The van der Waals surface area contributed by atoms with E-state index in [9.17, 15) is 14.9 Å². The predicted molar refractivity (Wildman–Crippen MR) is 84.9 cm³/mol. The smallest absolute Gasteiger partial charge is 0.324 e. The standard InChI is InChI=1S/C12H9BrN4O3S/c13-7-3-9-10(16-12(18)15-9)4-8(7)14-5-6-1-2-11(21-6)17(19)20/h1-4,14H,5H2,(H2,15,16,18). The topological polar surface area (TPSA) is 104 Å². The summed E-state index contributed by atoms with van der Waals surface area (Å²) in [5.74, 6) is 0. The summed E-state index contributed by atoms with van der Waals surface area (Å²) in [6, 6.07) is 6.82. The molecule has 0 amide bonds. The van der Waals surface area contributed by atoms with Gasteiger partial charge in [-0.1, -0.05) is 11.3 Å². The van der Waals surface area contributed by atoms with E-state index in [1.54, 1.807) is 18.2 Å². The number of aromatic amines is 2. The molecule has 7 nitrogen and oxygen atoms in total. The van der Waals surface area contributed by atoms with Crippen LogP contribution in [0.5, 0.6) is 0 Å². The van der Waals surface area contributed by atoms with Gasteiger partial charge in [0.25, 0.3) is 0 Å². The van der Waals surface area contributed by atoms with Gasteiger partial charge in [-0.2, -0.15) is 0 Å². The summed E-state index contributed by atoms with van der Waals surface area (Å²) in [6.45, 7) is 0.470. The molecule has 21 heavy (non-hydrogen) atoms. The number of aromatic nitrogens is 2. The quantitative estimate of drug-likeness (QED) is 0.485. The fourth-order valence-electron chi connectivity index (χ4n) is 1.93. The minimum absolute atomic E-state index is 0.122. The highest BCUT2D eigenvalue weighted by molar-refractivity contribution is 9.10. The minimum atomic E-state index is -0.402. The van der Waals surface area contributed by atoms with Crippen molar-refractivity contribution in [3.8, 4) is 0 Å². The van der Waals surface area contributed by atoms with Gasteiger partial charge in [0.1, 0.15) is 0 Å². The molecule has 0 atom stereocenters. The maximum absolute atomic E-state index is 11.2. The average molecular weight is 369 g/mol. The molecule has 1 aromatic carbocycles. The Morgan fingerprint density at radius 2 is 2.00 bits per heavy atom. The molecule has 0 unspecified atom stereocenters. The summed E-state index contributed by atoms with van der Waals surface area (Å²) >= 11 is 4.56. The van der Waals surface area contributed by atoms with E-state index in [4.69, 9.17) is 0 Å². The molecule has 0 saturated heterocycles. The molecule has 0 aliphatic rings. The molecule has 3 N–H and O–H groups in total. The van der Waals surface area contributed by atoms with Crippen molar-refractivity contribution in [3.05, 3.63) is 54.2 Å². The van der Waals surface area contributed by atoms with E-state index in [-0.39, 0.29) is 10.7 Å². The number of thiophene rings is 1. The van der Waals surface area contributed by atoms with Gasteiger partial charge in [0.05, 0.1) is 21.6 Å². The third kappa shape index (κ3) is 2.83. The Morgan fingerprint density at radius 1 is 1.29 bits per heavy atom. The Balaban J connectivity index is 1.82. The summed E-state index contributed by atoms with van der Waals surface area (Å²) < 4.78 is 0.802. The number of imidazole rings is 1. The zero-order chi connectivity index (χ0) is 15.0. The molecule has 2 aromatic heterocycles. The van der Waals surface area contributed by atoms with Crippen molar-refractivity contribution in [1.82, 2.24) is 9.97 Å². The first-order valence-corrected chi connectivity index (χ1v) is 7.52. The Labute approximate surface area is 130 Å². The predicted octanol–water partition coefficient (Wildman–Crippen LogP) is 3.20. The summed E-state index contributed by atoms with van der Waals surface area (Å²) in [5.41, 5.74) is 1.95. The molecule has 0 spiro atoms. The number of nitro groups is 1. The largest absolute Gasteiger partial charge is 0.379 e. The van der Waals surface area contributed by atoms with Crippen LogP contribution in [0.25, 0.3) is 11.0 Å². The Hall–Kier alpha value is -2.13. The highest BCUT2D eigenvalue weighted by atomic mass is 79.9. The second-order valence-corrected chi connectivity index (χ2v) is 6.31. The molecule has 0 fully saturated rings. The SMILES string of the molecule is O=c1[nH]c2cc(Br)c(NCc3ccc([N+](=O)[O-])s3)cc2[nH]1.